The van der Waals surface area contributed by atoms with Crippen LogP contribution in [0.3, 0.4) is 0 Å². The van der Waals surface area contributed by atoms with E-state index in [-0.39, 0.29) is 5.56 Å². The van der Waals surface area contributed by atoms with Crippen molar-refractivity contribution in [2.75, 3.05) is 0 Å². The number of rotatable bonds is 0. The van der Waals surface area contributed by atoms with Crippen LogP contribution in [0.4, 0.5) is 0 Å². The number of fused-ring (bicyclic) bond motifs is 1. The zero-order valence-corrected chi connectivity index (χ0v) is 8.05. The summed E-state index contributed by atoms with van der Waals surface area (Å²) in [5.41, 5.74) is 1.99. The molecule has 0 saturated carbocycles. The molecule has 1 unspecified atom stereocenters. The predicted octanol–water partition coefficient (Wildman–Crippen LogP) is 1.52. The molecule has 0 amide bonds. The summed E-state index contributed by atoms with van der Waals surface area (Å²) < 4.78 is 0. The number of nitrogens with zero attached hydrogens (tertiary/aromatic N) is 1. The average Bonchev–Trinajstić information content (AvgIpc) is 2.07. The first-order valence-electron chi connectivity index (χ1n) is 4.78. The van der Waals surface area contributed by atoms with Gasteiger partial charge in [0.15, 0.2) is 0 Å². The Morgan fingerprint density at radius 2 is 2.31 bits per heavy atom. The Labute approximate surface area is 77.2 Å². The summed E-state index contributed by atoms with van der Waals surface area (Å²) in [7, 11) is 0. The van der Waals surface area contributed by atoms with E-state index in [0.717, 1.165) is 36.3 Å². The Morgan fingerprint density at radius 3 is 3.08 bits per heavy atom. The van der Waals surface area contributed by atoms with Gasteiger partial charge in [-0.05, 0) is 32.1 Å². The molecule has 1 aromatic rings. The molecule has 1 N–H and O–H groups in total. The number of hydrogen-bond acceptors (Lipinski definition) is 2. The fraction of sp³-hybridized carbons (Fsp3) is 0.600. The Kier molecular flexibility index (Phi) is 1.94. The van der Waals surface area contributed by atoms with Crippen LogP contribution in [0.1, 0.15) is 42.8 Å². The van der Waals surface area contributed by atoms with E-state index in [4.69, 9.17) is 0 Å². The van der Waals surface area contributed by atoms with Crippen LogP contribution in [-0.2, 0) is 6.42 Å². The molecule has 0 aliphatic heterocycles. The van der Waals surface area contributed by atoms with Gasteiger partial charge in [0.05, 0.1) is 5.69 Å². The lowest BCUT2D eigenvalue weighted by atomic mass is 9.88. The van der Waals surface area contributed by atoms with Crippen LogP contribution in [0.25, 0.3) is 0 Å². The maximum atomic E-state index is 11.5. The first-order chi connectivity index (χ1) is 6.18. The van der Waals surface area contributed by atoms with Gasteiger partial charge in [-0.25, -0.2) is 4.98 Å². The number of aromatic nitrogens is 2. The SMILES string of the molecule is Cc1nc2c(c(=O)[nH]1)CCCC2C. The highest BCUT2D eigenvalue weighted by atomic mass is 16.1. The van der Waals surface area contributed by atoms with Gasteiger partial charge in [0.1, 0.15) is 5.82 Å². The summed E-state index contributed by atoms with van der Waals surface area (Å²) in [6.45, 7) is 3.98. The molecule has 1 atom stereocenters. The van der Waals surface area contributed by atoms with E-state index in [1.165, 1.54) is 0 Å². The fourth-order valence-electron chi connectivity index (χ4n) is 2.00. The summed E-state index contributed by atoms with van der Waals surface area (Å²) in [6.07, 6.45) is 3.16. The Bertz CT molecular complexity index is 381. The van der Waals surface area contributed by atoms with Crippen molar-refractivity contribution in [2.24, 2.45) is 0 Å². The lowest BCUT2D eigenvalue weighted by Gasteiger charge is -2.20. The van der Waals surface area contributed by atoms with Gasteiger partial charge >= 0.3 is 0 Å². The van der Waals surface area contributed by atoms with Gasteiger partial charge in [-0.2, -0.15) is 0 Å². The summed E-state index contributed by atoms with van der Waals surface area (Å²) in [5.74, 6) is 1.18. The molecule has 3 nitrogen and oxygen atoms in total. The lowest BCUT2D eigenvalue weighted by molar-refractivity contribution is 0.563. The number of hydrogen-bond donors (Lipinski definition) is 1. The van der Waals surface area contributed by atoms with E-state index in [9.17, 15) is 4.79 Å². The van der Waals surface area contributed by atoms with Crippen LogP contribution in [0.15, 0.2) is 4.79 Å². The third kappa shape index (κ3) is 1.39. The van der Waals surface area contributed by atoms with Gasteiger partial charge in [0.2, 0.25) is 0 Å². The first-order valence-corrected chi connectivity index (χ1v) is 4.78. The second-order valence-corrected chi connectivity index (χ2v) is 3.81. The summed E-state index contributed by atoms with van der Waals surface area (Å²) >= 11 is 0. The zero-order chi connectivity index (χ0) is 9.42. The minimum atomic E-state index is 0.0639. The number of aryl methyl sites for hydroxylation is 1. The largest absolute Gasteiger partial charge is 0.311 e. The van der Waals surface area contributed by atoms with Gasteiger partial charge in [0.25, 0.3) is 5.56 Å². The Hall–Kier alpha value is -1.12. The number of nitrogens with one attached hydrogen (secondary N) is 1. The average molecular weight is 178 g/mol. The molecule has 0 bridgehead atoms. The molecule has 13 heavy (non-hydrogen) atoms. The van der Waals surface area contributed by atoms with Crippen molar-refractivity contribution >= 4 is 0 Å². The fourth-order valence-corrected chi connectivity index (χ4v) is 2.00. The minimum absolute atomic E-state index is 0.0639. The zero-order valence-electron chi connectivity index (χ0n) is 8.05. The van der Waals surface area contributed by atoms with Crippen LogP contribution in [0.5, 0.6) is 0 Å². The molecule has 70 valence electrons. The van der Waals surface area contributed by atoms with Crippen molar-refractivity contribution in [1.29, 1.82) is 0 Å². The minimum Gasteiger partial charge on any atom is -0.311 e. The lowest BCUT2D eigenvalue weighted by Crippen LogP contribution is -2.23. The first kappa shape index (κ1) is 8.48. The molecule has 0 spiro atoms. The third-order valence-corrected chi connectivity index (χ3v) is 2.70. The summed E-state index contributed by atoms with van der Waals surface area (Å²) in [4.78, 5) is 18.7. The highest BCUT2D eigenvalue weighted by Crippen LogP contribution is 2.26. The summed E-state index contributed by atoms with van der Waals surface area (Å²) in [6, 6.07) is 0. The van der Waals surface area contributed by atoms with Gasteiger partial charge in [-0.1, -0.05) is 6.92 Å². The molecular formula is C10H14N2O. The van der Waals surface area contributed by atoms with Crippen LogP contribution >= 0.6 is 0 Å². The molecule has 0 aromatic carbocycles. The predicted molar refractivity (Wildman–Crippen MR) is 50.9 cm³/mol. The van der Waals surface area contributed by atoms with Gasteiger partial charge in [0, 0.05) is 5.56 Å². The van der Waals surface area contributed by atoms with Crippen molar-refractivity contribution < 1.29 is 0 Å². The molecule has 1 aliphatic rings. The number of H-pyrrole nitrogens is 1. The van der Waals surface area contributed by atoms with Crippen molar-refractivity contribution in [1.82, 2.24) is 9.97 Å². The standard InChI is InChI=1S/C10H14N2O/c1-6-4-3-5-8-9(6)11-7(2)12-10(8)13/h6H,3-5H2,1-2H3,(H,11,12,13). The molecule has 3 heteroatoms. The Balaban J connectivity index is 2.63. The van der Waals surface area contributed by atoms with Crippen molar-refractivity contribution in [3.63, 3.8) is 0 Å². The van der Waals surface area contributed by atoms with Crippen LogP contribution < -0.4 is 5.56 Å². The van der Waals surface area contributed by atoms with Crippen molar-refractivity contribution in [2.45, 2.75) is 39.0 Å². The maximum absolute atomic E-state index is 11.5. The second kappa shape index (κ2) is 2.98. The second-order valence-electron chi connectivity index (χ2n) is 3.81. The van der Waals surface area contributed by atoms with Crippen molar-refractivity contribution in [3.8, 4) is 0 Å². The van der Waals surface area contributed by atoms with Gasteiger partial charge in [-0.15, -0.1) is 0 Å². The third-order valence-electron chi connectivity index (χ3n) is 2.70. The maximum Gasteiger partial charge on any atom is 0.254 e. The van der Waals surface area contributed by atoms with Gasteiger partial charge < -0.3 is 4.98 Å². The normalized spacial score (nSPS) is 21.2. The van der Waals surface area contributed by atoms with Crippen molar-refractivity contribution in [3.05, 3.63) is 27.4 Å². The van der Waals surface area contributed by atoms with Gasteiger partial charge in [-0.3, -0.25) is 4.79 Å². The van der Waals surface area contributed by atoms with E-state index < -0.39 is 0 Å². The molecule has 0 saturated heterocycles. The van der Waals surface area contributed by atoms with Crippen LogP contribution in [0, 0.1) is 6.92 Å². The molecule has 0 fully saturated rings. The molecular weight excluding hydrogens is 164 g/mol. The quantitative estimate of drug-likeness (QED) is 0.654. The van der Waals surface area contributed by atoms with Crippen LogP contribution in [0.2, 0.25) is 0 Å². The topological polar surface area (TPSA) is 45.8 Å². The number of aromatic amines is 1. The highest BCUT2D eigenvalue weighted by molar-refractivity contribution is 5.23. The van der Waals surface area contributed by atoms with E-state index in [1.54, 1.807) is 0 Å². The highest BCUT2D eigenvalue weighted by Gasteiger charge is 2.20. The molecule has 1 heterocycles. The Morgan fingerprint density at radius 1 is 1.54 bits per heavy atom. The molecule has 1 aromatic heterocycles. The molecule has 0 radical (unpaired) electrons. The monoisotopic (exact) mass is 178 g/mol. The van der Waals surface area contributed by atoms with E-state index in [0.29, 0.717) is 5.92 Å². The molecule has 1 aliphatic carbocycles. The van der Waals surface area contributed by atoms with E-state index in [2.05, 4.69) is 16.9 Å². The van der Waals surface area contributed by atoms with E-state index in [1.807, 2.05) is 6.92 Å². The molecule has 2 rings (SSSR count). The smallest absolute Gasteiger partial charge is 0.254 e. The van der Waals surface area contributed by atoms with E-state index >= 15 is 0 Å². The summed E-state index contributed by atoms with van der Waals surface area (Å²) in [5, 5.41) is 0. The van der Waals surface area contributed by atoms with Crippen LogP contribution in [-0.4, -0.2) is 9.97 Å².